The van der Waals surface area contributed by atoms with Crippen LogP contribution in [0.1, 0.15) is 47.8 Å². The molecule has 31 heavy (non-hydrogen) atoms. The molecule has 7 heteroatoms. The highest BCUT2D eigenvalue weighted by atomic mass is 16.2. The highest BCUT2D eigenvalue weighted by Crippen LogP contribution is 2.18. The molecule has 0 unspecified atom stereocenters. The van der Waals surface area contributed by atoms with Crippen molar-refractivity contribution in [3.05, 3.63) is 81.8 Å². The van der Waals surface area contributed by atoms with Gasteiger partial charge in [-0.15, -0.1) is 0 Å². The van der Waals surface area contributed by atoms with Crippen LogP contribution < -0.4 is 21.2 Å². The Morgan fingerprint density at radius 3 is 2.68 bits per heavy atom. The van der Waals surface area contributed by atoms with Gasteiger partial charge in [-0.3, -0.25) is 14.0 Å². The van der Waals surface area contributed by atoms with Crippen molar-refractivity contribution in [1.29, 1.82) is 0 Å². The minimum absolute atomic E-state index is 0.207. The molecule has 3 aromatic heterocycles. The van der Waals surface area contributed by atoms with Crippen molar-refractivity contribution in [2.75, 3.05) is 5.73 Å². The summed E-state index contributed by atoms with van der Waals surface area (Å²) in [6.07, 6.45) is 2.47. The molecule has 4 aromatic rings. The molecule has 7 nitrogen and oxygen atoms in total. The fourth-order valence-electron chi connectivity index (χ4n) is 3.84. The Hall–Kier alpha value is -3.74. The first-order valence-corrected chi connectivity index (χ1v) is 10.4. The minimum Gasteiger partial charge on any atom is -0.345 e. The smallest absolute Gasteiger partial charge is 0.278 e. The van der Waals surface area contributed by atoms with Crippen LogP contribution in [0.2, 0.25) is 0 Å². The Balaban J connectivity index is 1.89. The number of benzene rings is 1. The number of nitrogens with zero attached hydrogens (tertiary/aromatic N) is 3. The van der Waals surface area contributed by atoms with Gasteiger partial charge in [0.05, 0.1) is 12.6 Å². The fourth-order valence-corrected chi connectivity index (χ4v) is 3.84. The molecule has 0 bridgehead atoms. The van der Waals surface area contributed by atoms with Gasteiger partial charge >= 0.3 is 0 Å². The average Bonchev–Trinajstić information content (AvgIpc) is 2.77. The van der Waals surface area contributed by atoms with Crippen molar-refractivity contribution in [3.63, 3.8) is 0 Å². The highest BCUT2D eigenvalue weighted by Gasteiger charge is 2.25. The van der Waals surface area contributed by atoms with E-state index in [9.17, 15) is 9.59 Å². The molecule has 1 atom stereocenters. The molecular formula is C24H26N5O2+. The summed E-state index contributed by atoms with van der Waals surface area (Å²) in [4.78, 5) is 31.1. The van der Waals surface area contributed by atoms with Crippen LogP contribution in [0, 0.1) is 6.92 Å². The lowest BCUT2D eigenvalue weighted by Gasteiger charge is -2.16. The molecule has 1 aromatic carbocycles. The van der Waals surface area contributed by atoms with Crippen LogP contribution in [-0.2, 0) is 6.54 Å². The molecule has 0 saturated heterocycles. The summed E-state index contributed by atoms with van der Waals surface area (Å²) in [7, 11) is 0. The third-order valence-electron chi connectivity index (χ3n) is 5.51. The van der Waals surface area contributed by atoms with Crippen molar-refractivity contribution >= 4 is 28.4 Å². The Bertz CT molecular complexity index is 1350. The Morgan fingerprint density at radius 1 is 1.23 bits per heavy atom. The van der Waals surface area contributed by atoms with E-state index < -0.39 is 0 Å². The van der Waals surface area contributed by atoms with Crippen molar-refractivity contribution in [2.24, 2.45) is 0 Å². The molecule has 0 radical (unpaired) electrons. The van der Waals surface area contributed by atoms with Gasteiger partial charge in [0.2, 0.25) is 11.5 Å². The molecule has 0 aliphatic heterocycles. The van der Waals surface area contributed by atoms with Gasteiger partial charge in [-0.05, 0) is 38.0 Å². The lowest BCUT2D eigenvalue weighted by Crippen LogP contribution is -2.43. The molecule has 0 saturated carbocycles. The van der Waals surface area contributed by atoms with E-state index in [1.807, 2.05) is 63.2 Å². The number of nitrogen functional groups attached to an aromatic ring is 1. The average molecular weight is 417 g/mol. The number of nitrogens with one attached hydrogen (secondary N) is 1. The third kappa shape index (κ3) is 3.63. The number of fused-ring (bicyclic) bond motifs is 2. The summed E-state index contributed by atoms with van der Waals surface area (Å²) >= 11 is 0. The summed E-state index contributed by atoms with van der Waals surface area (Å²) in [5, 5.41) is 3.36. The van der Waals surface area contributed by atoms with Gasteiger partial charge in [-0.25, -0.2) is 4.57 Å². The zero-order valence-electron chi connectivity index (χ0n) is 17.9. The van der Waals surface area contributed by atoms with E-state index in [1.54, 1.807) is 16.8 Å². The fraction of sp³-hybridized carbons (Fsp3) is 0.250. The van der Waals surface area contributed by atoms with Crippen LogP contribution >= 0.6 is 0 Å². The van der Waals surface area contributed by atoms with Crippen molar-refractivity contribution in [2.45, 2.75) is 39.8 Å². The summed E-state index contributed by atoms with van der Waals surface area (Å²) in [5.41, 5.74) is 9.44. The second kappa shape index (κ2) is 8.18. The summed E-state index contributed by atoms with van der Waals surface area (Å²) in [5.74, 6) is -0.0220. The van der Waals surface area contributed by atoms with E-state index in [0.717, 1.165) is 17.5 Å². The summed E-state index contributed by atoms with van der Waals surface area (Å²) < 4.78 is 3.28. The number of carbonyl (C=O) groups is 1. The Morgan fingerprint density at radius 2 is 1.97 bits per heavy atom. The first kappa shape index (κ1) is 20.5. The zero-order chi connectivity index (χ0) is 22.1. The van der Waals surface area contributed by atoms with Crippen molar-refractivity contribution in [3.8, 4) is 0 Å². The molecule has 1 amide bonds. The lowest BCUT2D eigenvalue weighted by molar-refractivity contribution is -0.658. The van der Waals surface area contributed by atoms with E-state index in [-0.39, 0.29) is 23.1 Å². The molecule has 3 heterocycles. The third-order valence-corrected chi connectivity index (χ3v) is 5.51. The lowest BCUT2D eigenvalue weighted by atomic mass is 10.1. The molecule has 4 rings (SSSR count). The number of nitrogens with two attached hydrogens (primary N) is 1. The van der Waals surface area contributed by atoms with E-state index >= 15 is 0 Å². The zero-order valence-corrected chi connectivity index (χ0v) is 17.9. The van der Waals surface area contributed by atoms with Gasteiger partial charge in [0.25, 0.3) is 17.1 Å². The van der Waals surface area contributed by atoms with Gasteiger partial charge in [0.15, 0.2) is 0 Å². The molecular weight excluding hydrogens is 390 g/mol. The number of aryl methyl sites for hydroxylation is 2. The van der Waals surface area contributed by atoms with Gasteiger partial charge in [-0.2, -0.15) is 0 Å². The highest BCUT2D eigenvalue weighted by molar-refractivity contribution is 6.00. The molecule has 158 valence electrons. The van der Waals surface area contributed by atoms with Gasteiger partial charge in [0.1, 0.15) is 10.9 Å². The number of amides is 1. The Kier molecular flexibility index (Phi) is 5.42. The summed E-state index contributed by atoms with van der Waals surface area (Å²) in [6, 6.07) is 14.8. The monoisotopic (exact) mass is 416 g/mol. The van der Waals surface area contributed by atoms with E-state index in [0.29, 0.717) is 29.0 Å². The van der Waals surface area contributed by atoms with Gasteiger partial charge in [-0.1, -0.05) is 48.3 Å². The topological polar surface area (TPSA) is 93.4 Å². The molecule has 0 spiro atoms. The maximum absolute atomic E-state index is 13.3. The second-order valence-corrected chi connectivity index (χ2v) is 7.74. The van der Waals surface area contributed by atoms with E-state index in [2.05, 4.69) is 5.32 Å². The molecule has 3 N–H and O–H groups in total. The van der Waals surface area contributed by atoms with Crippen LogP contribution in [0.25, 0.3) is 16.7 Å². The molecule has 0 aliphatic rings. The number of anilines is 1. The van der Waals surface area contributed by atoms with E-state index in [1.165, 1.54) is 4.40 Å². The van der Waals surface area contributed by atoms with E-state index in [4.69, 9.17) is 10.7 Å². The van der Waals surface area contributed by atoms with Crippen molar-refractivity contribution in [1.82, 2.24) is 14.7 Å². The molecule has 0 fully saturated rings. The first-order valence-electron chi connectivity index (χ1n) is 10.4. The van der Waals surface area contributed by atoms with Crippen LogP contribution in [-0.4, -0.2) is 15.3 Å². The number of carbonyl (C=O) groups excluding carboxylic acids is 1. The standard InChI is InChI=1S/C24H25N5O2/c1-4-12-28-20(25)18(23(30)26-16(3)17-10-6-5-7-11-17)14-19-22(28)27-21-15(2)9-8-13-29(21)24(19)31/h5-11,13-14,16,25H,4,12H2,1-3H3,(H,26,30)/p+1/t16-/m1/s1. The number of hydrogen-bond donors (Lipinski definition) is 2. The van der Waals surface area contributed by atoms with Crippen LogP contribution in [0.4, 0.5) is 5.82 Å². The second-order valence-electron chi connectivity index (χ2n) is 7.74. The van der Waals surface area contributed by atoms with Gasteiger partial charge < -0.3 is 11.1 Å². The normalized spacial score (nSPS) is 12.2. The predicted octanol–water partition coefficient (Wildman–Crippen LogP) is 2.93. The Labute approximate surface area is 180 Å². The number of aromatic nitrogens is 3. The van der Waals surface area contributed by atoms with Crippen LogP contribution in [0.15, 0.2) is 59.5 Å². The SMILES string of the molecule is CCC[n+]1c(N)c(C(=O)N[C@H](C)c2ccccc2)cc2c(=O)n3cccc(C)c3nc21. The van der Waals surface area contributed by atoms with Crippen molar-refractivity contribution < 1.29 is 9.36 Å². The van der Waals surface area contributed by atoms with Crippen LogP contribution in [0.5, 0.6) is 0 Å². The number of rotatable bonds is 5. The van der Waals surface area contributed by atoms with Crippen LogP contribution in [0.3, 0.4) is 0 Å². The maximum Gasteiger partial charge on any atom is 0.278 e. The maximum atomic E-state index is 13.3. The predicted molar refractivity (Wildman–Crippen MR) is 121 cm³/mol. The van der Waals surface area contributed by atoms with Gasteiger partial charge in [0, 0.05) is 11.8 Å². The number of hydrogen-bond acceptors (Lipinski definition) is 4. The number of pyridine rings is 2. The molecule has 0 aliphatic carbocycles. The summed E-state index contributed by atoms with van der Waals surface area (Å²) in [6.45, 7) is 6.39. The minimum atomic E-state index is -0.325. The first-order chi connectivity index (χ1) is 14.9. The quantitative estimate of drug-likeness (QED) is 0.386. The largest absolute Gasteiger partial charge is 0.345 e.